The maximum absolute atomic E-state index is 13.1. The topological polar surface area (TPSA) is 26.3 Å². The molecule has 0 unspecified atom stereocenters. The van der Waals surface area contributed by atoms with Crippen LogP contribution in [0.2, 0.25) is 26.6 Å². The van der Waals surface area contributed by atoms with Gasteiger partial charge in [0.15, 0.2) is 0 Å². The molecule has 0 aromatic carbocycles. The van der Waals surface area contributed by atoms with Crippen LogP contribution in [0.25, 0.3) is 0 Å². The summed E-state index contributed by atoms with van der Waals surface area (Å²) in [6.45, 7) is 15.9. The van der Waals surface area contributed by atoms with E-state index in [1.165, 1.54) is 104 Å². The molecule has 0 aliphatic heterocycles. The molecule has 0 saturated carbocycles. The molecule has 200 valence electrons. The molecule has 0 aliphatic rings. The minimum atomic E-state index is -2.89. The van der Waals surface area contributed by atoms with Crippen molar-refractivity contribution in [3.8, 4) is 0 Å². The van der Waals surface area contributed by atoms with Gasteiger partial charge in [0.1, 0.15) is 0 Å². The van der Waals surface area contributed by atoms with E-state index in [4.69, 9.17) is 3.07 Å². The molecule has 0 saturated heterocycles. The molecule has 0 radical (unpaired) electrons. The third-order valence-corrected chi connectivity index (χ3v) is 34.1. The number of unbranched alkanes of at least 4 members (excludes halogenated alkanes) is 6. The van der Waals surface area contributed by atoms with Crippen LogP contribution in [0.5, 0.6) is 0 Å². The third-order valence-electron chi connectivity index (χ3n) is 7.40. The van der Waals surface area contributed by atoms with E-state index in [-0.39, 0.29) is 5.97 Å². The van der Waals surface area contributed by atoms with Crippen molar-refractivity contribution in [1.29, 1.82) is 0 Å². The molecule has 0 spiro atoms. The van der Waals surface area contributed by atoms with Crippen LogP contribution in [-0.2, 0) is 7.87 Å². The van der Waals surface area contributed by atoms with Crippen molar-refractivity contribution in [2.24, 2.45) is 0 Å². The number of hydrogen-bond acceptors (Lipinski definition) is 2. The van der Waals surface area contributed by atoms with Gasteiger partial charge in [-0.15, -0.1) is 0 Å². The molecule has 0 aromatic rings. The fourth-order valence-electron chi connectivity index (χ4n) is 5.02. The molecule has 34 heavy (non-hydrogen) atoms. The molecule has 0 fully saturated rings. The molecule has 0 N–H and O–H groups in total. The van der Waals surface area contributed by atoms with Crippen LogP contribution in [0.4, 0.5) is 0 Å². The van der Waals surface area contributed by atoms with Gasteiger partial charge in [-0.3, -0.25) is 0 Å². The van der Waals surface area contributed by atoms with E-state index in [2.05, 4.69) is 58.6 Å². The Balaban J connectivity index is 5.63. The summed E-state index contributed by atoms with van der Waals surface area (Å²) in [5.41, 5.74) is 1.11. The van der Waals surface area contributed by atoms with E-state index in [1.54, 1.807) is 0 Å². The van der Waals surface area contributed by atoms with E-state index >= 15 is 0 Å². The fourth-order valence-corrected chi connectivity index (χ4v) is 32.3. The summed E-state index contributed by atoms with van der Waals surface area (Å²) in [6.07, 6.45) is 19.5. The summed E-state index contributed by atoms with van der Waals surface area (Å²) in [7, 11) is 0. The fraction of sp³-hybridized carbons (Fsp3) is 0.833. The zero-order valence-electron chi connectivity index (χ0n) is 24.3. The van der Waals surface area contributed by atoms with E-state index in [9.17, 15) is 4.79 Å². The molecule has 4 heteroatoms. The van der Waals surface area contributed by atoms with Gasteiger partial charge < -0.3 is 0 Å². The van der Waals surface area contributed by atoms with Gasteiger partial charge >= 0.3 is 225 Å². The number of allylic oxidation sites excluding steroid dienone is 2. The summed E-state index contributed by atoms with van der Waals surface area (Å²) >= 11 is -5.21. The SMILES string of the molecule is CCC[CH2][Sn](/[CH]=C/C(C)=C/C(=O)[O][Sn]([CH2]CCC)([CH2]CCC)[CH2]CCC)([CH2]CCC)[CH2]CCC. The van der Waals surface area contributed by atoms with Crippen LogP contribution in [0.1, 0.15) is 126 Å². The summed E-state index contributed by atoms with van der Waals surface area (Å²) in [5.74, 6) is -0.0299. The van der Waals surface area contributed by atoms with Crippen LogP contribution in [0.15, 0.2) is 21.8 Å². The minimum absolute atomic E-state index is 0.0299. The van der Waals surface area contributed by atoms with Gasteiger partial charge in [0.25, 0.3) is 0 Å². The number of rotatable bonds is 22. The van der Waals surface area contributed by atoms with Gasteiger partial charge in [-0.05, 0) is 0 Å². The first kappa shape index (κ1) is 34.5. The summed E-state index contributed by atoms with van der Waals surface area (Å²) in [4.78, 5) is 13.1. The second kappa shape index (κ2) is 21.6. The predicted octanol–water partition coefficient (Wildman–Crippen LogP) is 10.8. The van der Waals surface area contributed by atoms with Gasteiger partial charge in [-0.25, -0.2) is 0 Å². The Bertz CT molecular complexity index is 525. The number of carbonyl (C=O) groups is 1. The zero-order valence-corrected chi connectivity index (χ0v) is 30.0. The number of hydrogen-bond donors (Lipinski definition) is 0. The molecule has 0 amide bonds. The Hall–Kier alpha value is 0.547. The first-order chi connectivity index (χ1) is 16.4. The zero-order chi connectivity index (χ0) is 25.7. The van der Waals surface area contributed by atoms with Gasteiger partial charge in [-0.1, -0.05) is 0 Å². The van der Waals surface area contributed by atoms with Crippen molar-refractivity contribution in [2.75, 3.05) is 0 Å². The van der Waals surface area contributed by atoms with E-state index in [0.29, 0.717) is 0 Å². The second-order valence-corrected chi connectivity index (χ2v) is 35.4. The normalized spacial score (nSPS) is 13.1. The van der Waals surface area contributed by atoms with Crippen LogP contribution < -0.4 is 0 Å². The summed E-state index contributed by atoms with van der Waals surface area (Å²) in [5, 5.41) is 0. The Morgan fingerprint density at radius 2 is 0.971 bits per heavy atom. The van der Waals surface area contributed by atoms with E-state index < -0.39 is 37.2 Å². The standard InChI is InChI=1S/C6H7O2.6C4H9.2Sn/c1-3-5(2)4-6(7)8;6*1-3-4-2;;/h1,3-4H,2H3,(H,7,8);6*1,3-4H2,2H3;;/q;;;;;;;;+1/p-1/b3-1?,5-4+;;;;;;;;. The van der Waals surface area contributed by atoms with Crippen molar-refractivity contribution < 1.29 is 7.87 Å². The van der Waals surface area contributed by atoms with Crippen LogP contribution in [0.3, 0.4) is 0 Å². The molecule has 0 atom stereocenters. The second-order valence-electron chi connectivity index (χ2n) is 10.8. The van der Waals surface area contributed by atoms with Gasteiger partial charge in [0, 0.05) is 0 Å². The molecule has 0 aromatic heterocycles. The monoisotopic (exact) mass is 692 g/mol. The summed E-state index contributed by atoms with van der Waals surface area (Å²) in [6, 6.07) is 0. The molecular formula is C30H60O2Sn2. The predicted molar refractivity (Wildman–Crippen MR) is 159 cm³/mol. The molecule has 0 aliphatic carbocycles. The van der Waals surface area contributed by atoms with E-state index in [1.807, 2.05) is 6.08 Å². The van der Waals surface area contributed by atoms with Crippen LogP contribution in [-0.4, -0.2) is 43.1 Å². The first-order valence-corrected chi connectivity index (χ1v) is 29.9. The summed E-state index contributed by atoms with van der Waals surface area (Å²) < 4.78 is 17.3. The van der Waals surface area contributed by atoms with Gasteiger partial charge in [-0.2, -0.15) is 0 Å². The third kappa shape index (κ3) is 15.6. The van der Waals surface area contributed by atoms with Crippen molar-refractivity contribution in [2.45, 2.75) is 152 Å². The average molecular weight is 690 g/mol. The van der Waals surface area contributed by atoms with Crippen LogP contribution in [0, 0.1) is 0 Å². The van der Waals surface area contributed by atoms with E-state index in [0.717, 1.165) is 5.57 Å². The van der Waals surface area contributed by atoms with Crippen molar-refractivity contribution >= 4 is 43.1 Å². The molecular weight excluding hydrogens is 630 g/mol. The Labute approximate surface area is 223 Å². The van der Waals surface area contributed by atoms with Crippen molar-refractivity contribution in [3.05, 3.63) is 21.8 Å². The Morgan fingerprint density at radius 1 is 0.618 bits per heavy atom. The van der Waals surface area contributed by atoms with Crippen molar-refractivity contribution in [1.82, 2.24) is 0 Å². The van der Waals surface area contributed by atoms with Gasteiger partial charge in [0.05, 0.1) is 0 Å². The molecule has 0 rings (SSSR count). The quantitative estimate of drug-likeness (QED) is 0.0642. The van der Waals surface area contributed by atoms with Crippen molar-refractivity contribution in [3.63, 3.8) is 0 Å². The number of carbonyl (C=O) groups excluding carboxylic acids is 1. The Kier molecular flexibility index (Phi) is 22.0. The molecule has 0 heterocycles. The Morgan fingerprint density at radius 3 is 1.32 bits per heavy atom. The molecule has 0 bridgehead atoms. The molecule has 2 nitrogen and oxygen atoms in total. The maximum atomic E-state index is 13.1. The average Bonchev–Trinajstić information content (AvgIpc) is 2.83. The van der Waals surface area contributed by atoms with Crippen LogP contribution >= 0.6 is 0 Å². The first-order valence-electron chi connectivity index (χ1n) is 15.0. The van der Waals surface area contributed by atoms with Gasteiger partial charge in [0.2, 0.25) is 0 Å².